The first-order chi connectivity index (χ1) is 9.13. The Labute approximate surface area is 117 Å². The minimum Gasteiger partial charge on any atom is -0.422 e. The molecule has 7 heteroatoms. The van der Waals surface area contributed by atoms with E-state index in [-0.39, 0.29) is 18.3 Å². The third kappa shape index (κ3) is 6.75. The average molecular weight is 284 g/mol. The van der Waals surface area contributed by atoms with Crippen molar-refractivity contribution >= 4 is 29.5 Å². The molecule has 0 saturated heterocycles. The zero-order chi connectivity index (χ0) is 14.1. The molecule has 0 saturated carbocycles. The van der Waals surface area contributed by atoms with Crippen molar-refractivity contribution in [3.05, 3.63) is 29.8 Å². The van der Waals surface area contributed by atoms with Gasteiger partial charge in [0.15, 0.2) is 5.12 Å². The molecule has 0 radical (unpaired) electrons. The van der Waals surface area contributed by atoms with E-state index in [4.69, 9.17) is 5.11 Å². The lowest BCUT2D eigenvalue weighted by Crippen LogP contribution is -2.33. The van der Waals surface area contributed by atoms with Gasteiger partial charge in [-0.1, -0.05) is 36.0 Å². The second-order valence-electron chi connectivity index (χ2n) is 3.83. The fourth-order valence-electron chi connectivity index (χ4n) is 1.37. The molecule has 0 unspecified atom stereocenters. The molecule has 0 atom stereocenters. The molecule has 0 aliphatic carbocycles. The minimum absolute atomic E-state index is 0.0113. The summed E-state index contributed by atoms with van der Waals surface area (Å²) in [7, 11) is -1.17. The average Bonchev–Trinajstić information content (AvgIpc) is 2.39. The molecule has 5 nitrogen and oxygen atoms in total. The van der Waals surface area contributed by atoms with E-state index in [1.807, 2.05) is 12.1 Å². The number of thioether (sulfide) groups is 1. The molecule has 0 aromatic heterocycles. The highest BCUT2D eigenvalue weighted by molar-refractivity contribution is 8.13. The molecule has 0 amide bonds. The Balaban J connectivity index is 2.39. The summed E-state index contributed by atoms with van der Waals surface area (Å²) in [5.41, 5.74) is 1.65. The van der Waals surface area contributed by atoms with E-state index in [9.17, 15) is 9.82 Å². The van der Waals surface area contributed by atoms with E-state index in [2.05, 4.69) is 9.69 Å². The van der Waals surface area contributed by atoms with E-state index in [0.29, 0.717) is 5.46 Å². The highest BCUT2D eigenvalue weighted by atomic mass is 32.2. The summed E-state index contributed by atoms with van der Waals surface area (Å²) in [6.07, 6.45) is 0.794. The molecular weight excluding hydrogens is 267 g/mol. The van der Waals surface area contributed by atoms with Crippen LogP contribution in [0.2, 0.25) is 0 Å². The maximum atomic E-state index is 10.8. The van der Waals surface area contributed by atoms with Gasteiger partial charge in [0.05, 0.1) is 6.61 Å². The number of hydrogen-bond donors (Lipinski definition) is 2. The number of benzene rings is 1. The maximum Gasteiger partial charge on any atom is 0.523 e. The largest absolute Gasteiger partial charge is 0.523 e. The van der Waals surface area contributed by atoms with Crippen LogP contribution in [0.15, 0.2) is 24.3 Å². The van der Waals surface area contributed by atoms with E-state index in [1.54, 1.807) is 19.1 Å². The van der Waals surface area contributed by atoms with Crippen molar-refractivity contribution in [1.29, 1.82) is 0 Å². The lowest BCUT2D eigenvalue weighted by atomic mass is 9.80. The van der Waals surface area contributed by atoms with Crippen molar-refractivity contribution in [3.63, 3.8) is 0 Å². The summed E-state index contributed by atoms with van der Waals surface area (Å²) < 4.78 is 0. The Hall–Kier alpha value is -0.855. The Morgan fingerprint density at radius 1 is 1.37 bits per heavy atom. The Morgan fingerprint density at radius 2 is 2.05 bits per heavy atom. The summed E-state index contributed by atoms with van der Waals surface area (Å²) in [6.45, 7) is 1.39. The van der Waals surface area contributed by atoms with Gasteiger partial charge in [-0.25, -0.2) is 4.89 Å². The van der Waals surface area contributed by atoms with Gasteiger partial charge in [0.1, 0.15) is 6.61 Å². The molecule has 0 spiro atoms. The van der Waals surface area contributed by atoms with Crippen LogP contribution in [0.1, 0.15) is 12.5 Å². The van der Waals surface area contributed by atoms with Crippen LogP contribution in [0.3, 0.4) is 0 Å². The minimum atomic E-state index is -1.17. The van der Waals surface area contributed by atoms with Crippen molar-refractivity contribution in [1.82, 2.24) is 0 Å². The van der Waals surface area contributed by atoms with Crippen LogP contribution < -0.4 is 5.46 Å². The lowest BCUT2D eigenvalue weighted by molar-refractivity contribution is -0.225. The number of carbonyl (C=O) groups excluding carboxylic acids is 1. The van der Waals surface area contributed by atoms with Gasteiger partial charge in [0.2, 0.25) is 0 Å². The molecule has 0 aliphatic rings. The van der Waals surface area contributed by atoms with E-state index >= 15 is 0 Å². The molecule has 1 aromatic carbocycles. The van der Waals surface area contributed by atoms with E-state index in [0.717, 1.165) is 17.7 Å². The predicted molar refractivity (Wildman–Crippen MR) is 75.0 cm³/mol. The van der Waals surface area contributed by atoms with Crippen LogP contribution in [0.25, 0.3) is 0 Å². The molecule has 104 valence electrons. The molecule has 0 aliphatic heterocycles. The zero-order valence-corrected chi connectivity index (χ0v) is 11.6. The predicted octanol–water partition coefficient (Wildman–Crippen LogP) is 0.137. The van der Waals surface area contributed by atoms with Gasteiger partial charge in [0, 0.05) is 12.7 Å². The topological polar surface area (TPSA) is 76.0 Å². The summed E-state index contributed by atoms with van der Waals surface area (Å²) in [4.78, 5) is 20.0. The van der Waals surface area contributed by atoms with Gasteiger partial charge in [-0.15, -0.1) is 0 Å². The second-order valence-corrected chi connectivity index (χ2v) is 5.10. The van der Waals surface area contributed by atoms with Crippen molar-refractivity contribution < 1.29 is 24.6 Å². The zero-order valence-electron chi connectivity index (χ0n) is 10.7. The van der Waals surface area contributed by atoms with Crippen LogP contribution in [0.4, 0.5) is 0 Å². The second kappa shape index (κ2) is 9.11. The van der Waals surface area contributed by atoms with Gasteiger partial charge >= 0.3 is 7.12 Å². The van der Waals surface area contributed by atoms with Crippen LogP contribution in [0, 0.1) is 0 Å². The van der Waals surface area contributed by atoms with Gasteiger partial charge in [-0.05, 0) is 17.4 Å². The van der Waals surface area contributed by atoms with Gasteiger partial charge in [0.25, 0.3) is 0 Å². The molecule has 1 aromatic rings. The Bertz CT molecular complexity index is 384. The molecule has 2 N–H and O–H groups in total. The third-order valence-corrected chi connectivity index (χ3v) is 3.11. The summed E-state index contributed by atoms with van der Waals surface area (Å²) in [5.74, 6) is 0.743. The SMILES string of the molecule is CC(=O)SCCc1ccc(B(O)OOCCO)cc1. The number of aliphatic hydroxyl groups excluding tert-OH is 1. The fourth-order valence-corrected chi connectivity index (χ4v) is 1.99. The number of aryl methyl sites for hydroxylation is 1. The van der Waals surface area contributed by atoms with Crippen molar-refractivity contribution in [3.8, 4) is 0 Å². The standard InChI is InChI=1S/C12H17BO5S/c1-10(15)19-9-6-11-2-4-12(5-3-11)13(16)18-17-8-7-14/h2-5,14,16H,6-9H2,1H3. The quantitative estimate of drug-likeness (QED) is 0.306. The number of aliphatic hydroxyl groups is 1. The number of carbonyl (C=O) groups is 1. The lowest BCUT2D eigenvalue weighted by Gasteiger charge is -2.07. The fraction of sp³-hybridized carbons (Fsp3) is 0.417. The van der Waals surface area contributed by atoms with Gasteiger partial charge in [-0.2, -0.15) is 0 Å². The van der Waals surface area contributed by atoms with E-state index in [1.165, 1.54) is 11.8 Å². The summed E-state index contributed by atoms with van der Waals surface area (Å²) >= 11 is 1.29. The van der Waals surface area contributed by atoms with Crippen LogP contribution in [-0.4, -0.2) is 41.3 Å². The van der Waals surface area contributed by atoms with Crippen molar-refractivity contribution in [2.45, 2.75) is 13.3 Å². The van der Waals surface area contributed by atoms with Crippen LogP contribution in [-0.2, 0) is 20.9 Å². The van der Waals surface area contributed by atoms with Gasteiger partial charge in [-0.3, -0.25) is 9.60 Å². The van der Waals surface area contributed by atoms with Crippen LogP contribution >= 0.6 is 11.8 Å². The summed E-state index contributed by atoms with van der Waals surface area (Å²) in [5, 5.41) is 18.2. The van der Waals surface area contributed by atoms with Crippen molar-refractivity contribution in [2.24, 2.45) is 0 Å². The van der Waals surface area contributed by atoms with E-state index < -0.39 is 7.12 Å². The molecule has 1 rings (SSSR count). The first kappa shape index (κ1) is 16.2. The molecule has 19 heavy (non-hydrogen) atoms. The molecular formula is C12H17BO5S. The highest BCUT2D eigenvalue weighted by Crippen LogP contribution is 2.07. The molecule has 0 heterocycles. The Morgan fingerprint density at radius 3 is 2.63 bits per heavy atom. The number of hydrogen-bond acceptors (Lipinski definition) is 6. The summed E-state index contributed by atoms with van der Waals surface area (Å²) in [6, 6.07) is 7.21. The normalized spacial score (nSPS) is 10.5. The van der Waals surface area contributed by atoms with Gasteiger partial charge < -0.3 is 10.1 Å². The third-order valence-electron chi connectivity index (χ3n) is 2.29. The van der Waals surface area contributed by atoms with Crippen LogP contribution in [0.5, 0.6) is 0 Å². The molecule has 0 bridgehead atoms. The molecule has 0 fully saturated rings. The maximum absolute atomic E-state index is 10.8. The smallest absolute Gasteiger partial charge is 0.422 e. The highest BCUT2D eigenvalue weighted by Gasteiger charge is 2.17. The Kier molecular flexibility index (Phi) is 7.77. The van der Waals surface area contributed by atoms with Crippen molar-refractivity contribution in [2.75, 3.05) is 19.0 Å². The first-order valence-corrected chi connectivity index (χ1v) is 6.91. The first-order valence-electron chi connectivity index (χ1n) is 5.93. The number of rotatable bonds is 8. The monoisotopic (exact) mass is 284 g/mol.